The summed E-state index contributed by atoms with van der Waals surface area (Å²) in [6.07, 6.45) is 3.35. The number of aromatic nitrogens is 3. The van der Waals surface area contributed by atoms with E-state index in [2.05, 4.69) is 25.9 Å². The average Bonchev–Trinajstić information content (AvgIpc) is 2.64. The van der Waals surface area contributed by atoms with Gasteiger partial charge in [-0.05, 0) is 34.1 Å². The highest BCUT2D eigenvalue weighted by atomic mass is 79.9. The lowest BCUT2D eigenvalue weighted by molar-refractivity contribution is 0.629. The summed E-state index contributed by atoms with van der Waals surface area (Å²) >= 11 is 3.35. The van der Waals surface area contributed by atoms with Crippen molar-refractivity contribution in [3.63, 3.8) is 0 Å². The fourth-order valence-electron chi connectivity index (χ4n) is 1.87. The number of nitrogen functional groups attached to an aromatic ring is 1. The number of fused-ring (bicyclic) bond motifs is 1. The fraction of sp³-hybridized carbons (Fsp3) is 0. The molecule has 1 aromatic carbocycles. The van der Waals surface area contributed by atoms with Crippen molar-refractivity contribution in [2.45, 2.75) is 0 Å². The van der Waals surface area contributed by atoms with Crippen LogP contribution >= 0.6 is 15.9 Å². The number of hydrogen-bond donors (Lipinski definition) is 1. The zero-order valence-electron chi connectivity index (χ0n) is 9.14. The van der Waals surface area contributed by atoms with Gasteiger partial charge in [0.15, 0.2) is 0 Å². The van der Waals surface area contributed by atoms with Crippen LogP contribution in [0.1, 0.15) is 0 Å². The van der Waals surface area contributed by atoms with Crippen molar-refractivity contribution in [2.75, 3.05) is 5.73 Å². The maximum atomic E-state index is 13.1. The van der Waals surface area contributed by atoms with E-state index in [4.69, 9.17) is 5.73 Å². The summed E-state index contributed by atoms with van der Waals surface area (Å²) in [5, 5.41) is 0. The Balaban J connectivity index is 2.32. The Labute approximate surface area is 110 Å². The molecule has 4 nitrogen and oxygen atoms in total. The van der Waals surface area contributed by atoms with Crippen molar-refractivity contribution in [1.29, 1.82) is 0 Å². The van der Waals surface area contributed by atoms with E-state index < -0.39 is 0 Å². The van der Waals surface area contributed by atoms with Crippen LogP contribution in [0, 0.1) is 5.82 Å². The van der Waals surface area contributed by atoms with E-state index in [9.17, 15) is 4.39 Å². The van der Waals surface area contributed by atoms with Crippen LogP contribution in [0.3, 0.4) is 0 Å². The highest BCUT2D eigenvalue weighted by Crippen LogP contribution is 2.24. The summed E-state index contributed by atoms with van der Waals surface area (Å²) in [7, 11) is 0. The van der Waals surface area contributed by atoms with Crippen LogP contribution in [0.25, 0.3) is 16.7 Å². The van der Waals surface area contributed by atoms with Crippen molar-refractivity contribution in [3.05, 3.63) is 46.9 Å². The molecule has 90 valence electrons. The molecule has 3 rings (SSSR count). The van der Waals surface area contributed by atoms with E-state index in [0.717, 1.165) is 15.7 Å². The number of pyridine rings is 1. The topological polar surface area (TPSA) is 56.7 Å². The van der Waals surface area contributed by atoms with E-state index in [1.165, 1.54) is 12.1 Å². The Bertz CT molecular complexity index is 738. The van der Waals surface area contributed by atoms with Gasteiger partial charge in [-0.1, -0.05) is 0 Å². The minimum absolute atomic E-state index is 0.301. The Kier molecular flexibility index (Phi) is 2.52. The predicted molar refractivity (Wildman–Crippen MR) is 70.9 cm³/mol. The number of hydrogen-bond acceptors (Lipinski definition) is 3. The maximum absolute atomic E-state index is 13.1. The molecule has 0 aliphatic heterocycles. The van der Waals surface area contributed by atoms with Crippen LogP contribution < -0.4 is 5.73 Å². The smallest absolute Gasteiger partial charge is 0.205 e. The maximum Gasteiger partial charge on any atom is 0.205 e. The molecule has 0 amide bonds. The number of nitrogens with two attached hydrogens (primary N) is 1. The van der Waals surface area contributed by atoms with Gasteiger partial charge in [0.2, 0.25) is 5.95 Å². The molecule has 2 N–H and O–H groups in total. The molecular weight excluding hydrogens is 299 g/mol. The number of imidazole rings is 1. The average molecular weight is 307 g/mol. The van der Waals surface area contributed by atoms with E-state index in [-0.39, 0.29) is 5.82 Å². The Morgan fingerprint density at radius 1 is 1.22 bits per heavy atom. The van der Waals surface area contributed by atoms with Crippen LogP contribution in [0.5, 0.6) is 0 Å². The molecule has 6 heteroatoms. The molecule has 0 saturated carbocycles. The quantitative estimate of drug-likeness (QED) is 0.752. The molecule has 0 spiro atoms. The summed E-state index contributed by atoms with van der Waals surface area (Å²) in [5.41, 5.74) is 7.91. The van der Waals surface area contributed by atoms with Crippen molar-refractivity contribution < 1.29 is 4.39 Å². The zero-order chi connectivity index (χ0) is 12.7. The first-order valence-corrected chi connectivity index (χ1v) is 5.99. The normalized spacial score (nSPS) is 11.0. The summed E-state index contributed by atoms with van der Waals surface area (Å²) < 4.78 is 15.7. The van der Waals surface area contributed by atoms with Crippen LogP contribution in [-0.2, 0) is 0 Å². The van der Waals surface area contributed by atoms with E-state index in [0.29, 0.717) is 11.5 Å². The highest BCUT2D eigenvalue weighted by molar-refractivity contribution is 9.10. The van der Waals surface area contributed by atoms with Crippen LogP contribution in [0.15, 0.2) is 41.1 Å². The van der Waals surface area contributed by atoms with Gasteiger partial charge in [-0.3, -0.25) is 9.55 Å². The summed E-state index contributed by atoms with van der Waals surface area (Å²) in [6.45, 7) is 0. The Morgan fingerprint density at radius 2 is 2.06 bits per heavy atom. The first-order valence-electron chi connectivity index (χ1n) is 5.19. The molecule has 0 aliphatic rings. The van der Waals surface area contributed by atoms with Gasteiger partial charge in [0.25, 0.3) is 0 Å². The second kappa shape index (κ2) is 4.06. The first-order chi connectivity index (χ1) is 8.65. The monoisotopic (exact) mass is 306 g/mol. The van der Waals surface area contributed by atoms with E-state index >= 15 is 0 Å². The number of rotatable bonds is 1. The molecule has 0 bridgehead atoms. The van der Waals surface area contributed by atoms with Gasteiger partial charge in [-0.2, -0.15) is 0 Å². The molecule has 0 radical (unpaired) electrons. The number of benzene rings is 1. The lowest BCUT2D eigenvalue weighted by Gasteiger charge is -2.06. The Morgan fingerprint density at radius 3 is 2.83 bits per heavy atom. The van der Waals surface area contributed by atoms with E-state index in [1.54, 1.807) is 23.0 Å². The molecule has 0 atom stereocenters. The fourth-order valence-corrected chi connectivity index (χ4v) is 2.22. The summed E-state index contributed by atoms with van der Waals surface area (Å²) in [6, 6.07) is 6.25. The molecule has 0 aliphatic carbocycles. The molecular formula is C12H8BrFN4. The van der Waals surface area contributed by atoms with Crippen LogP contribution in [0.4, 0.5) is 10.3 Å². The SMILES string of the molecule is Nc1nc2cc(F)ccc2n1-c1cncc(Br)c1. The Hall–Kier alpha value is -1.95. The van der Waals surface area contributed by atoms with Gasteiger partial charge in [0.1, 0.15) is 5.82 Å². The molecule has 2 aromatic heterocycles. The number of halogens is 2. The van der Waals surface area contributed by atoms with Crippen molar-refractivity contribution in [2.24, 2.45) is 0 Å². The summed E-state index contributed by atoms with van der Waals surface area (Å²) in [5.74, 6) is -0.0324. The number of anilines is 1. The lowest BCUT2D eigenvalue weighted by Crippen LogP contribution is -2.00. The molecule has 0 unspecified atom stereocenters. The third kappa shape index (κ3) is 1.74. The van der Waals surface area contributed by atoms with Crippen molar-refractivity contribution >= 4 is 32.9 Å². The molecule has 0 saturated heterocycles. The second-order valence-electron chi connectivity index (χ2n) is 3.80. The lowest BCUT2D eigenvalue weighted by atomic mass is 10.3. The molecule has 3 aromatic rings. The standard InChI is InChI=1S/C12H8BrFN4/c13-7-3-9(6-16-5-7)18-11-2-1-8(14)4-10(11)17-12(18)15/h1-6H,(H2,15,17). The van der Waals surface area contributed by atoms with Crippen LogP contribution in [-0.4, -0.2) is 14.5 Å². The highest BCUT2D eigenvalue weighted by Gasteiger charge is 2.11. The van der Waals surface area contributed by atoms with Crippen molar-refractivity contribution in [3.8, 4) is 5.69 Å². The third-order valence-electron chi connectivity index (χ3n) is 2.59. The van der Waals surface area contributed by atoms with Gasteiger partial charge >= 0.3 is 0 Å². The second-order valence-corrected chi connectivity index (χ2v) is 4.72. The minimum atomic E-state index is -0.334. The minimum Gasteiger partial charge on any atom is -0.369 e. The predicted octanol–water partition coefficient (Wildman–Crippen LogP) is 2.90. The van der Waals surface area contributed by atoms with Crippen molar-refractivity contribution in [1.82, 2.24) is 14.5 Å². The third-order valence-corrected chi connectivity index (χ3v) is 3.02. The zero-order valence-corrected chi connectivity index (χ0v) is 10.7. The molecule has 0 fully saturated rings. The first kappa shape index (κ1) is 11.2. The molecule has 18 heavy (non-hydrogen) atoms. The van der Waals surface area contributed by atoms with Gasteiger partial charge in [-0.25, -0.2) is 9.37 Å². The molecule has 2 heterocycles. The van der Waals surface area contributed by atoms with Crippen LogP contribution in [0.2, 0.25) is 0 Å². The summed E-state index contributed by atoms with van der Waals surface area (Å²) in [4.78, 5) is 8.22. The largest absolute Gasteiger partial charge is 0.369 e. The van der Waals surface area contributed by atoms with Gasteiger partial charge in [-0.15, -0.1) is 0 Å². The van der Waals surface area contributed by atoms with E-state index in [1.807, 2.05) is 6.07 Å². The van der Waals surface area contributed by atoms with Gasteiger partial charge < -0.3 is 5.73 Å². The van der Waals surface area contributed by atoms with Gasteiger partial charge in [0, 0.05) is 16.7 Å². The van der Waals surface area contributed by atoms with Gasteiger partial charge in [0.05, 0.1) is 22.9 Å². The number of nitrogens with zero attached hydrogens (tertiary/aromatic N) is 3.